The maximum absolute atomic E-state index is 10.7. The molecule has 0 radical (unpaired) electrons. The molecule has 6 nitrogen and oxygen atoms in total. The Morgan fingerprint density at radius 1 is 0.955 bits per heavy atom. The number of hydrogen-bond donors (Lipinski definition) is 2. The van der Waals surface area contributed by atoms with Crippen molar-refractivity contribution in [1.29, 1.82) is 0 Å². The van der Waals surface area contributed by atoms with Crippen molar-refractivity contribution >= 4 is 16.1 Å². The van der Waals surface area contributed by atoms with Crippen molar-refractivity contribution in [2.24, 2.45) is 5.73 Å². The molecule has 0 bridgehead atoms. The molecule has 0 aliphatic carbocycles. The van der Waals surface area contributed by atoms with E-state index in [0.29, 0.717) is 12.9 Å². The molecule has 0 fully saturated rings. The highest BCUT2D eigenvalue weighted by Gasteiger charge is 1.97. The first kappa shape index (κ1) is 23.6. The molecule has 0 aliphatic heterocycles. The van der Waals surface area contributed by atoms with Gasteiger partial charge in [0, 0.05) is 0 Å². The molecule has 0 atom stereocenters. The van der Waals surface area contributed by atoms with Gasteiger partial charge in [0.1, 0.15) is 0 Å². The van der Waals surface area contributed by atoms with Gasteiger partial charge in [-0.3, -0.25) is 9.35 Å². The first-order valence-electron chi connectivity index (χ1n) is 8.09. The third kappa shape index (κ3) is 31.6. The van der Waals surface area contributed by atoms with E-state index >= 15 is 0 Å². The van der Waals surface area contributed by atoms with Gasteiger partial charge in [0.2, 0.25) is 0 Å². The van der Waals surface area contributed by atoms with Gasteiger partial charge in [-0.15, -0.1) is 0 Å². The smallest absolute Gasteiger partial charge is 0.319 e. The summed E-state index contributed by atoms with van der Waals surface area (Å²) < 4.78 is 30.8. The van der Waals surface area contributed by atoms with Crippen molar-refractivity contribution in [3.8, 4) is 0 Å². The first-order valence-corrected chi connectivity index (χ1v) is 9.94. The molecule has 0 amide bonds. The maximum atomic E-state index is 10.7. The molecule has 0 rings (SSSR count). The van der Waals surface area contributed by atoms with Crippen molar-refractivity contribution in [2.45, 2.75) is 71.1 Å². The van der Waals surface area contributed by atoms with Gasteiger partial charge in [0.05, 0.1) is 19.4 Å². The van der Waals surface area contributed by atoms with E-state index < -0.39 is 10.1 Å². The Morgan fingerprint density at radius 2 is 1.32 bits per heavy atom. The number of nitrogens with two attached hydrogens (primary N) is 1. The largest absolute Gasteiger partial charge is 0.465 e. The monoisotopic (exact) mass is 339 g/mol. The van der Waals surface area contributed by atoms with E-state index in [-0.39, 0.29) is 12.5 Å². The van der Waals surface area contributed by atoms with Crippen LogP contribution < -0.4 is 5.73 Å². The van der Waals surface area contributed by atoms with E-state index in [1.807, 2.05) is 0 Å². The summed E-state index contributed by atoms with van der Waals surface area (Å²) >= 11 is 0. The summed E-state index contributed by atoms with van der Waals surface area (Å²) in [5, 5.41) is 0. The fraction of sp³-hybridized carbons (Fsp3) is 0.933. The van der Waals surface area contributed by atoms with Crippen LogP contribution in [0.1, 0.15) is 71.1 Å². The predicted octanol–water partition coefficient (Wildman–Crippen LogP) is 2.91. The fourth-order valence-corrected chi connectivity index (χ4v) is 1.83. The molecule has 7 heteroatoms. The summed E-state index contributed by atoms with van der Waals surface area (Å²) in [5.74, 6) is -0.291. The number of hydrogen-bond acceptors (Lipinski definition) is 5. The van der Waals surface area contributed by atoms with Gasteiger partial charge in [-0.05, 0) is 6.42 Å². The number of ether oxygens (including phenoxy) is 1. The highest BCUT2D eigenvalue weighted by atomic mass is 32.2. The molecular weight excluding hydrogens is 306 g/mol. The molecular formula is C15H33NO5S. The van der Waals surface area contributed by atoms with E-state index in [4.69, 9.17) is 15.0 Å². The fourth-order valence-electron chi connectivity index (χ4n) is 1.83. The van der Waals surface area contributed by atoms with Crippen LogP contribution in [0.5, 0.6) is 0 Å². The van der Waals surface area contributed by atoms with Crippen LogP contribution in [0.4, 0.5) is 0 Å². The van der Waals surface area contributed by atoms with Crippen LogP contribution in [0.2, 0.25) is 0 Å². The van der Waals surface area contributed by atoms with Gasteiger partial charge in [-0.1, -0.05) is 64.7 Å². The van der Waals surface area contributed by atoms with Gasteiger partial charge in [0.25, 0.3) is 10.1 Å². The van der Waals surface area contributed by atoms with Crippen LogP contribution in [0.15, 0.2) is 0 Å². The van der Waals surface area contributed by atoms with Crippen LogP contribution in [-0.2, 0) is 19.6 Å². The summed E-state index contributed by atoms with van der Waals surface area (Å²) in [7, 11) is -3.67. The minimum Gasteiger partial charge on any atom is -0.465 e. The number of rotatable bonds is 12. The first-order chi connectivity index (χ1) is 10.3. The van der Waals surface area contributed by atoms with Gasteiger partial charge in [-0.25, -0.2) is 0 Å². The topological polar surface area (TPSA) is 107 Å². The molecule has 0 saturated carbocycles. The van der Waals surface area contributed by atoms with Crippen molar-refractivity contribution in [1.82, 2.24) is 0 Å². The van der Waals surface area contributed by atoms with Gasteiger partial charge in [-0.2, -0.15) is 8.42 Å². The number of esters is 1. The van der Waals surface area contributed by atoms with Crippen LogP contribution >= 0.6 is 0 Å². The Balaban J connectivity index is 0. The van der Waals surface area contributed by atoms with Crippen molar-refractivity contribution < 1.29 is 22.5 Å². The Kier molecular flexibility index (Phi) is 17.9. The summed E-state index contributed by atoms with van der Waals surface area (Å²) in [4.78, 5) is 10.7. The second-order valence-electron chi connectivity index (χ2n) is 5.34. The second-order valence-corrected chi connectivity index (χ2v) is 6.81. The van der Waals surface area contributed by atoms with E-state index in [1.54, 1.807) is 0 Å². The van der Waals surface area contributed by atoms with Crippen LogP contribution in [0, 0.1) is 0 Å². The molecule has 0 heterocycles. The van der Waals surface area contributed by atoms with Crippen LogP contribution in [0.3, 0.4) is 0 Å². The number of carbonyl (C=O) groups is 1. The zero-order chi connectivity index (χ0) is 17.3. The Hall–Kier alpha value is -0.660. The maximum Gasteiger partial charge on any atom is 0.319 e. The average Bonchev–Trinajstić information content (AvgIpc) is 2.42. The lowest BCUT2D eigenvalue weighted by Gasteiger charge is -2.03. The third-order valence-corrected chi connectivity index (χ3v) is 2.93. The Morgan fingerprint density at radius 3 is 1.68 bits per heavy atom. The molecule has 0 aromatic rings. The van der Waals surface area contributed by atoms with Crippen molar-refractivity contribution in [3.63, 3.8) is 0 Å². The summed E-state index contributed by atoms with van der Waals surface area (Å²) in [6.45, 7) is 2.78. The van der Waals surface area contributed by atoms with Crippen LogP contribution in [0.25, 0.3) is 0 Å². The molecule has 0 unspecified atom stereocenters. The lowest BCUT2D eigenvalue weighted by Crippen LogP contribution is -2.17. The van der Waals surface area contributed by atoms with Crippen molar-refractivity contribution in [3.05, 3.63) is 0 Å². The zero-order valence-electron chi connectivity index (χ0n) is 14.1. The predicted molar refractivity (Wildman–Crippen MR) is 89.3 cm³/mol. The molecule has 0 aliphatic rings. The van der Waals surface area contributed by atoms with Crippen LogP contribution in [-0.4, -0.2) is 38.3 Å². The van der Waals surface area contributed by atoms with E-state index in [1.165, 1.54) is 51.4 Å². The third-order valence-electron chi connectivity index (χ3n) is 2.93. The highest BCUT2D eigenvalue weighted by Crippen LogP contribution is 2.10. The highest BCUT2D eigenvalue weighted by molar-refractivity contribution is 7.85. The molecule has 0 aromatic heterocycles. The molecule has 0 spiro atoms. The number of unbranched alkanes of at least 4 members (excludes halogenated alkanes) is 9. The molecule has 0 saturated heterocycles. The SMILES string of the molecule is CCCCCCCCCCCCOC(=O)CN.CS(=O)(=O)O. The van der Waals surface area contributed by atoms with Gasteiger partial charge < -0.3 is 10.5 Å². The minimum atomic E-state index is -3.67. The van der Waals surface area contributed by atoms with Gasteiger partial charge >= 0.3 is 5.97 Å². The van der Waals surface area contributed by atoms with Crippen molar-refractivity contribution in [2.75, 3.05) is 19.4 Å². The lowest BCUT2D eigenvalue weighted by atomic mass is 10.1. The van der Waals surface area contributed by atoms with E-state index in [0.717, 1.165) is 12.8 Å². The Labute approximate surface area is 135 Å². The molecule has 22 heavy (non-hydrogen) atoms. The Bertz CT molecular complexity index is 336. The van der Waals surface area contributed by atoms with E-state index in [2.05, 4.69) is 6.92 Å². The van der Waals surface area contributed by atoms with Gasteiger partial charge in [0.15, 0.2) is 0 Å². The average molecular weight is 339 g/mol. The quantitative estimate of drug-likeness (QED) is 0.322. The normalized spacial score (nSPS) is 10.7. The zero-order valence-corrected chi connectivity index (χ0v) is 14.9. The standard InChI is InChI=1S/C14H29NO2.CH4O3S/c1-2-3-4-5-6-7-8-9-10-11-12-17-14(16)13-15;1-5(2,3)4/h2-13,15H2,1H3;1H3,(H,2,3,4). The molecule has 134 valence electrons. The summed E-state index contributed by atoms with van der Waals surface area (Å²) in [6, 6.07) is 0. The molecule has 3 N–H and O–H groups in total. The lowest BCUT2D eigenvalue weighted by molar-refractivity contribution is -0.142. The summed E-state index contributed by atoms with van der Waals surface area (Å²) in [6.07, 6.45) is 13.6. The second kappa shape index (κ2) is 16.7. The number of carbonyl (C=O) groups excluding carboxylic acids is 1. The summed E-state index contributed by atoms with van der Waals surface area (Å²) in [5.41, 5.74) is 5.13. The molecule has 0 aromatic carbocycles. The van der Waals surface area contributed by atoms with E-state index in [9.17, 15) is 13.2 Å². The minimum absolute atomic E-state index is 0.00222.